The first kappa shape index (κ1) is 27.4. The summed E-state index contributed by atoms with van der Waals surface area (Å²) in [5.41, 5.74) is 0.797. The maximum atomic E-state index is 12.3. The Morgan fingerprint density at radius 1 is 0.970 bits per heavy atom. The van der Waals surface area contributed by atoms with Crippen molar-refractivity contribution in [2.45, 2.75) is 56.7 Å². The number of carbonyl (C=O) groups excluding carboxylic acids is 2. The molecule has 0 aromatic carbocycles. The van der Waals surface area contributed by atoms with E-state index in [2.05, 4.69) is 31.2 Å². The highest BCUT2D eigenvalue weighted by Gasteiger charge is 2.25. The van der Waals surface area contributed by atoms with E-state index in [-0.39, 0.29) is 18.7 Å². The quantitative estimate of drug-likeness (QED) is 0.136. The third-order valence-corrected chi connectivity index (χ3v) is 4.72. The molecule has 0 spiro atoms. The van der Waals surface area contributed by atoms with E-state index < -0.39 is 48.5 Å². The fourth-order valence-electron chi connectivity index (χ4n) is 2.89. The number of aromatic amines is 1. The fourth-order valence-corrected chi connectivity index (χ4v) is 2.89. The summed E-state index contributed by atoms with van der Waals surface area (Å²) in [4.78, 5) is 64.1. The maximum Gasteiger partial charge on any atom is 0.326 e. The van der Waals surface area contributed by atoms with Gasteiger partial charge in [0.25, 0.3) is 0 Å². The summed E-state index contributed by atoms with van der Waals surface area (Å²) in [6.07, 6.45) is 3.62. The van der Waals surface area contributed by atoms with Gasteiger partial charge in [0.15, 0.2) is 0 Å². The van der Waals surface area contributed by atoms with Gasteiger partial charge in [0.1, 0.15) is 12.1 Å². The number of rotatable bonds is 16. The van der Waals surface area contributed by atoms with Crippen molar-refractivity contribution < 1.29 is 39.3 Å². The third kappa shape index (κ3) is 11.0. The number of hydrogen-bond acceptors (Lipinski definition) is 7. The molecule has 0 aliphatic rings. The number of unbranched alkanes of at least 4 members (excludes halogenated alkanes) is 1. The summed E-state index contributed by atoms with van der Waals surface area (Å²) < 4.78 is 0. The molecule has 184 valence electrons. The molecule has 0 aliphatic heterocycles. The van der Waals surface area contributed by atoms with Gasteiger partial charge < -0.3 is 41.6 Å². The van der Waals surface area contributed by atoms with Gasteiger partial charge in [0.2, 0.25) is 5.91 Å². The molecule has 8 N–H and O–H groups in total. The second-order valence-corrected chi connectivity index (χ2v) is 7.24. The maximum absolute atomic E-state index is 12.3. The van der Waals surface area contributed by atoms with Crippen molar-refractivity contribution in [3.05, 3.63) is 18.2 Å². The molecule has 0 aliphatic carbocycles. The zero-order valence-electron chi connectivity index (χ0n) is 18.2. The molecule has 1 aromatic heterocycles. The minimum atomic E-state index is -1.47. The number of imidazole rings is 1. The highest BCUT2D eigenvalue weighted by Crippen LogP contribution is 2.03. The summed E-state index contributed by atoms with van der Waals surface area (Å²) in [6, 6.07) is -4.23. The molecule has 0 saturated carbocycles. The number of amides is 3. The molecule has 1 rings (SSSR count). The lowest BCUT2D eigenvalue weighted by Crippen LogP contribution is -2.51. The molecule has 0 fully saturated rings. The van der Waals surface area contributed by atoms with Crippen LogP contribution < -0.4 is 21.3 Å². The van der Waals surface area contributed by atoms with Crippen LogP contribution in [-0.2, 0) is 25.6 Å². The summed E-state index contributed by atoms with van der Waals surface area (Å²) in [7, 11) is 1.66. The van der Waals surface area contributed by atoms with E-state index >= 15 is 0 Å². The van der Waals surface area contributed by atoms with Crippen LogP contribution in [0.4, 0.5) is 4.79 Å². The topological polar surface area (TPSA) is 223 Å². The predicted molar refractivity (Wildman–Crippen MR) is 113 cm³/mol. The van der Waals surface area contributed by atoms with E-state index in [1.807, 2.05) is 0 Å². The zero-order chi connectivity index (χ0) is 24.8. The smallest absolute Gasteiger partial charge is 0.326 e. The number of nitrogens with one attached hydrogen (secondary N) is 5. The van der Waals surface area contributed by atoms with E-state index in [0.717, 1.165) is 5.69 Å². The van der Waals surface area contributed by atoms with Crippen LogP contribution in [-0.4, -0.2) is 86.9 Å². The molecule has 33 heavy (non-hydrogen) atoms. The van der Waals surface area contributed by atoms with Gasteiger partial charge in [0, 0.05) is 31.3 Å². The largest absolute Gasteiger partial charge is 0.481 e. The minimum Gasteiger partial charge on any atom is -0.481 e. The lowest BCUT2D eigenvalue weighted by Gasteiger charge is -2.18. The fraction of sp³-hybridized carbons (Fsp3) is 0.579. The van der Waals surface area contributed by atoms with Crippen molar-refractivity contribution in [3.8, 4) is 0 Å². The zero-order valence-corrected chi connectivity index (χ0v) is 18.2. The monoisotopic (exact) mass is 470 g/mol. The van der Waals surface area contributed by atoms with E-state index in [9.17, 15) is 29.1 Å². The van der Waals surface area contributed by atoms with Crippen LogP contribution in [0.2, 0.25) is 0 Å². The van der Waals surface area contributed by atoms with Crippen LogP contribution >= 0.6 is 0 Å². The van der Waals surface area contributed by atoms with Crippen molar-refractivity contribution in [1.29, 1.82) is 0 Å². The van der Waals surface area contributed by atoms with E-state index in [4.69, 9.17) is 10.2 Å². The van der Waals surface area contributed by atoms with Crippen molar-refractivity contribution in [2.75, 3.05) is 13.6 Å². The van der Waals surface area contributed by atoms with Crippen LogP contribution in [0.3, 0.4) is 0 Å². The molecule has 3 amide bonds. The Morgan fingerprint density at radius 3 is 2.12 bits per heavy atom. The Kier molecular flexibility index (Phi) is 11.9. The average Bonchev–Trinajstić information content (AvgIpc) is 3.26. The first-order valence-electron chi connectivity index (χ1n) is 10.3. The SMILES string of the molecule is CNC(Cc1cnc[nH]1)C(=O)NCCCCC(NC(=O)NC(CCC(=O)O)C(=O)O)C(=O)O. The van der Waals surface area contributed by atoms with Gasteiger partial charge in [-0.15, -0.1) is 0 Å². The van der Waals surface area contributed by atoms with Crippen LogP contribution in [0.15, 0.2) is 12.5 Å². The van der Waals surface area contributed by atoms with E-state index in [0.29, 0.717) is 25.8 Å². The normalized spacial score (nSPS) is 13.4. The molecule has 1 heterocycles. The Morgan fingerprint density at radius 2 is 1.61 bits per heavy atom. The molecule has 14 nitrogen and oxygen atoms in total. The Hall–Kier alpha value is -3.68. The number of H-pyrrole nitrogens is 1. The number of aliphatic carboxylic acids is 3. The standard InChI is InChI=1S/C19H30N6O8/c1-20-14(8-11-9-21-10-23-11)16(28)22-7-3-2-4-12(17(29)30)24-19(33)25-13(18(31)32)5-6-15(26)27/h9-10,12-14,20H,2-8H2,1H3,(H,21,23)(H,22,28)(H,26,27)(H,29,30)(H,31,32)(H2,24,25,33). The summed E-state index contributed by atoms with van der Waals surface area (Å²) in [5, 5.41) is 36.9. The summed E-state index contributed by atoms with van der Waals surface area (Å²) >= 11 is 0. The molecule has 14 heteroatoms. The van der Waals surface area contributed by atoms with Gasteiger partial charge in [-0.1, -0.05) is 0 Å². The highest BCUT2D eigenvalue weighted by atomic mass is 16.4. The molecular formula is C19H30N6O8. The molecule has 3 atom stereocenters. The number of carboxylic acids is 3. The molecule has 0 radical (unpaired) electrons. The number of hydrogen-bond donors (Lipinski definition) is 8. The number of aromatic nitrogens is 2. The first-order chi connectivity index (χ1) is 15.6. The van der Waals surface area contributed by atoms with Crippen molar-refractivity contribution in [2.24, 2.45) is 0 Å². The molecule has 3 unspecified atom stereocenters. The Bertz CT molecular complexity index is 800. The molecule has 0 bridgehead atoms. The Balaban J connectivity index is 2.39. The van der Waals surface area contributed by atoms with E-state index in [1.165, 1.54) is 6.33 Å². The predicted octanol–water partition coefficient (Wildman–Crippen LogP) is -1.10. The number of carbonyl (C=O) groups is 5. The van der Waals surface area contributed by atoms with Crippen LogP contribution in [0, 0.1) is 0 Å². The van der Waals surface area contributed by atoms with Gasteiger partial charge in [-0.05, 0) is 32.7 Å². The van der Waals surface area contributed by atoms with Gasteiger partial charge >= 0.3 is 23.9 Å². The number of nitrogens with zero attached hydrogens (tertiary/aromatic N) is 1. The van der Waals surface area contributed by atoms with Crippen molar-refractivity contribution in [1.82, 2.24) is 31.2 Å². The highest BCUT2D eigenvalue weighted by molar-refractivity contribution is 5.86. The molecular weight excluding hydrogens is 440 g/mol. The van der Waals surface area contributed by atoms with E-state index in [1.54, 1.807) is 13.2 Å². The van der Waals surface area contributed by atoms with Crippen LogP contribution in [0.1, 0.15) is 37.8 Å². The summed E-state index contributed by atoms with van der Waals surface area (Å²) in [6.45, 7) is 0.300. The van der Waals surface area contributed by atoms with Crippen molar-refractivity contribution in [3.63, 3.8) is 0 Å². The van der Waals surface area contributed by atoms with Gasteiger partial charge in [-0.3, -0.25) is 9.59 Å². The number of likely N-dealkylation sites (N-methyl/N-ethyl adjacent to an activating group) is 1. The van der Waals surface area contributed by atoms with Crippen molar-refractivity contribution >= 4 is 29.8 Å². The Labute approximate surface area is 189 Å². The van der Waals surface area contributed by atoms with Crippen LogP contribution in [0.5, 0.6) is 0 Å². The van der Waals surface area contributed by atoms with Gasteiger partial charge in [-0.2, -0.15) is 0 Å². The second-order valence-electron chi connectivity index (χ2n) is 7.24. The van der Waals surface area contributed by atoms with Crippen LogP contribution in [0.25, 0.3) is 0 Å². The molecule has 0 saturated heterocycles. The third-order valence-electron chi connectivity index (χ3n) is 4.72. The molecule has 1 aromatic rings. The lowest BCUT2D eigenvalue weighted by atomic mass is 10.1. The average molecular weight is 470 g/mol. The summed E-state index contributed by atoms with van der Waals surface area (Å²) in [5.74, 6) is -4.18. The van der Waals surface area contributed by atoms with Gasteiger partial charge in [0.05, 0.1) is 12.4 Å². The lowest BCUT2D eigenvalue weighted by molar-refractivity contribution is -0.140. The van der Waals surface area contributed by atoms with Gasteiger partial charge in [-0.25, -0.2) is 19.4 Å². The minimum absolute atomic E-state index is 0.0507. The number of carboxylic acid groups (broad SMARTS) is 3. The first-order valence-corrected chi connectivity index (χ1v) is 10.3. The number of urea groups is 1. The second kappa shape index (κ2) is 14.4.